The van der Waals surface area contributed by atoms with Crippen molar-refractivity contribution >= 4 is 10.1 Å². The van der Waals surface area contributed by atoms with Crippen molar-refractivity contribution in [2.45, 2.75) is 11.8 Å². The molecule has 0 fully saturated rings. The smallest absolute Gasteiger partial charge is 0.124 e. The maximum absolute atomic E-state index is 10.4. The van der Waals surface area contributed by atoms with Gasteiger partial charge in [-0.1, -0.05) is 17.7 Å². The van der Waals surface area contributed by atoms with Gasteiger partial charge in [0.15, 0.2) is 0 Å². The van der Waals surface area contributed by atoms with E-state index in [4.69, 9.17) is 5.11 Å². The molecule has 0 bridgehead atoms. The number of aliphatic hydroxyl groups is 1. The van der Waals surface area contributed by atoms with E-state index in [0.717, 1.165) is 16.6 Å². The zero-order chi connectivity index (χ0) is 14.4. The fraction of sp³-hybridized carbons (Fsp3) is 0.500. The molecule has 0 aromatic heterocycles. The van der Waals surface area contributed by atoms with Gasteiger partial charge in [-0.2, -0.15) is 0 Å². The molecular weight excluding hydrogens is 254 g/mol. The first kappa shape index (κ1) is 17.1. The molecule has 1 rings (SSSR count). The van der Waals surface area contributed by atoms with Gasteiger partial charge in [0.2, 0.25) is 0 Å². The molecule has 5 nitrogen and oxygen atoms in total. The summed E-state index contributed by atoms with van der Waals surface area (Å²) < 4.78 is 32.0. The van der Waals surface area contributed by atoms with E-state index < -0.39 is 10.1 Å². The number of rotatable bonds is 3. The van der Waals surface area contributed by atoms with Crippen molar-refractivity contribution in [1.82, 2.24) is 0 Å². The van der Waals surface area contributed by atoms with Crippen molar-refractivity contribution in [3.63, 3.8) is 0 Å². The van der Waals surface area contributed by atoms with Crippen molar-refractivity contribution in [3.05, 3.63) is 29.8 Å². The fourth-order valence-electron chi connectivity index (χ4n) is 1.00. The zero-order valence-corrected chi connectivity index (χ0v) is 12.1. The van der Waals surface area contributed by atoms with Crippen molar-refractivity contribution in [3.8, 4) is 0 Å². The predicted octanol–water partition coefficient (Wildman–Crippen LogP) is 0.584. The number of aryl methyl sites for hydroxylation is 1. The van der Waals surface area contributed by atoms with Crippen LogP contribution in [-0.2, 0) is 10.1 Å². The molecule has 0 radical (unpaired) electrons. The van der Waals surface area contributed by atoms with Crippen LogP contribution < -0.4 is 0 Å². The number of aliphatic hydroxyl groups excluding tert-OH is 1. The highest BCUT2D eigenvalue weighted by Gasteiger charge is 2.02. The first-order valence-corrected chi connectivity index (χ1v) is 6.91. The topological polar surface area (TPSA) is 77.4 Å². The molecule has 0 aliphatic rings. The second-order valence-corrected chi connectivity index (χ2v) is 6.38. The summed E-state index contributed by atoms with van der Waals surface area (Å²) in [4.78, 5) is -0.178. The van der Waals surface area contributed by atoms with Crippen LogP contribution in [0.3, 0.4) is 0 Å². The molecule has 1 aromatic carbocycles. The monoisotopic (exact) mass is 275 g/mol. The van der Waals surface area contributed by atoms with Crippen LogP contribution in [0.4, 0.5) is 0 Å². The van der Waals surface area contributed by atoms with Crippen molar-refractivity contribution in [2.75, 3.05) is 34.3 Å². The summed E-state index contributed by atoms with van der Waals surface area (Å²) in [6.07, 6.45) is 0. The van der Waals surface area contributed by atoms with Gasteiger partial charge in [0, 0.05) is 0 Å². The molecular formula is C12H21NO4S. The Labute approximate surface area is 109 Å². The Balaban J connectivity index is 0.000000360. The average molecular weight is 275 g/mol. The predicted molar refractivity (Wildman–Crippen MR) is 69.1 cm³/mol. The summed E-state index contributed by atoms with van der Waals surface area (Å²) in [5, 5.41) is 8.39. The Morgan fingerprint density at radius 1 is 1.17 bits per heavy atom. The van der Waals surface area contributed by atoms with Gasteiger partial charge >= 0.3 is 0 Å². The molecule has 1 N–H and O–H groups in total. The molecule has 6 heteroatoms. The largest absolute Gasteiger partial charge is 0.744 e. The van der Waals surface area contributed by atoms with E-state index in [1.54, 1.807) is 12.1 Å². The summed E-state index contributed by atoms with van der Waals surface area (Å²) >= 11 is 0. The lowest BCUT2D eigenvalue weighted by Gasteiger charge is -2.21. The molecule has 104 valence electrons. The zero-order valence-electron chi connectivity index (χ0n) is 11.3. The van der Waals surface area contributed by atoms with Gasteiger partial charge < -0.3 is 14.1 Å². The van der Waals surface area contributed by atoms with E-state index in [1.807, 2.05) is 6.92 Å². The van der Waals surface area contributed by atoms with Crippen LogP contribution in [0.15, 0.2) is 29.2 Å². The van der Waals surface area contributed by atoms with Crippen LogP contribution in [0.2, 0.25) is 0 Å². The summed E-state index contributed by atoms with van der Waals surface area (Å²) in [6.45, 7) is 2.94. The third-order valence-corrected chi connectivity index (χ3v) is 2.93. The minimum atomic E-state index is -4.27. The number of likely N-dealkylation sites (N-methyl/N-ethyl adjacent to an activating group) is 1. The van der Waals surface area contributed by atoms with Gasteiger partial charge in [0.25, 0.3) is 0 Å². The van der Waals surface area contributed by atoms with E-state index in [1.165, 1.54) is 12.1 Å². The SMILES string of the molecule is C[N+](C)(C)CCO.Cc1ccc(S(=O)(=O)[O-])cc1. The number of hydrogen-bond acceptors (Lipinski definition) is 4. The first-order valence-electron chi connectivity index (χ1n) is 5.50. The molecule has 0 amide bonds. The lowest BCUT2D eigenvalue weighted by molar-refractivity contribution is -0.870. The molecule has 0 spiro atoms. The van der Waals surface area contributed by atoms with Gasteiger partial charge in [-0.3, -0.25) is 0 Å². The first-order chi connectivity index (χ1) is 8.06. The molecule has 0 atom stereocenters. The lowest BCUT2D eigenvalue weighted by Crippen LogP contribution is -2.36. The minimum Gasteiger partial charge on any atom is -0.744 e. The third kappa shape index (κ3) is 8.19. The van der Waals surface area contributed by atoms with E-state index in [-0.39, 0.29) is 11.5 Å². The number of nitrogens with zero attached hydrogens (tertiary/aromatic N) is 1. The highest BCUT2D eigenvalue weighted by Crippen LogP contribution is 2.08. The lowest BCUT2D eigenvalue weighted by atomic mass is 10.2. The summed E-state index contributed by atoms with van der Waals surface area (Å²) in [7, 11) is 1.89. The Morgan fingerprint density at radius 2 is 1.61 bits per heavy atom. The maximum atomic E-state index is 10.4. The Morgan fingerprint density at radius 3 is 1.83 bits per heavy atom. The van der Waals surface area contributed by atoms with Gasteiger partial charge in [-0.25, -0.2) is 8.42 Å². The van der Waals surface area contributed by atoms with Crippen LogP contribution in [0.25, 0.3) is 0 Å². The van der Waals surface area contributed by atoms with Gasteiger partial charge in [-0.15, -0.1) is 0 Å². The molecule has 0 saturated heterocycles. The molecule has 18 heavy (non-hydrogen) atoms. The van der Waals surface area contributed by atoms with Gasteiger partial charge in [0.05, 0.1) is 32.6 Å². The quantitative estimate of drug-likeness (QED) is 0.647. The van der Waals surface area contributed by atoms with E-state index in [9.17, 15) is 13.0 Å². The molecule has 0 saturated carbocycles. The summed E-state index contributed by atoms with van der Waals surface area (Å²) in [5.74, 6) is 0. The average Bonchev–Trinajstić information content (AvgIpc) is 2.15. The number of quaternary nitrogens is 1. The van der Waals surface area contributed by atoms with E-state index >= 15 is 0 Å². The highest BCUT2D eigenvalue weighted by molar-refractivity contribution is 7.85. The van der Waals surface area contributed by atoms with Crippen LogP contribution in [0, 0.1) is 6.92 Å². The minimum absolute atomic E-state index is 0.178. The fourth-order valence-corrected chi connectivity index (χ4v) is 1.47. The Hall–Kier alpha value is -0.950. The normalized spacial score (nSPS) is 11.7. The standard InChI is InChI=1S/C7H8O3S.C5H14NO/c1-6-2-4-7(5-3-6)11(8,9)10;1-6(2,3)4-5-7/h2-5H,1H3,(H,8,9,10);7H,4-5H2,1-3H3/q;+1/p-1. The van der Waals surface area contributed by atoms with Crippen LogP contribution in [0.5, 0.6) is 0 Å². The van der Waals surface area contributed by atoms with E-state index in [0.29, 0.717) is 0 Å². The third-order valence-electron chi connectivity index (χ3n) is 2.08. The van der Waals surface area contributed by atoms with Gasteiger partial charge in [-0.05, 0) is 19.1 Å². The Bertz CT molecular complexity index is 446. The molecule has 0 heterocycles. The number of hydrogen-bond donors (Lipinski definition) is 1. The molecule has 0 aliphatic carbocycles. The van der Waals surface area contributed by atoms with Crippen LogP contribution >= 0.6 is 0 Å². The summed E-state index contributed by atoms with van der Waals surface area (Å²) in [5.41, 5.74) is 0.928. The molecule has 0 aliphatic heterocycles. The van der Waals surface area contributed by atoms with Crippen LogP contribution in [0.1, 0.15) is 5.56 Å². The number of benzene rings is 1. The maximum Gasteiger partial charge on any atom is 0.124 e. The second-order valence-electron chi connectivity index (χ2n) is 5.00. The second kappa shape index (κ2) is 6.84. The highest BCUT2D eigenvalue weighted by atomic mass is 32.2. The van der Waals surface area contributed by atoms with Gasteiger partial charge in [0.1, 0.15) is 16.7 Å². The van der Waals surface area contributed by atoms with E-state index in [2.05, 4.69) is 21.1 Å². The Kier molecular flexibility index (Phi) is 6.48. The van der Waals surface area contributed by atoms with Crippen molar-refractivity contribution < 1.29 is 22.6 Å². The molecule has 0 unspecified atom stereocenters. The van der Waals surface area contributed by atoms with Crippen molar-refractivity contribution in [2.24, 2.45) is 0 Å². The summed E-state index contributed by atoms with van der Waals surface area (Å²) in [6, 6.07) is 5.78. The van der Waals surface area contributed by atoms with Crippen LogP contribution in [-0.4, -0.2) is 56.9 Å². The van der Waals surface area contributed by atoms with Crippen molar-refractivity contribution in [1.29, 1.82) is 0 Å². The molecule has 1 aromatic rings.